The first kappa shape index (κ1) is 26.1. The smallest absolute Gasteiger partial charge is 0.475 e. The summed E-state index contributed by atoms with van der Waals surface area (Å²) in [7, 11) is 0. The number of rotatable bonds is 7. The summed E-state index contributed by atoms with van der Waals surface area (Å²) in [6, 6.07) is 14.9. The number of aliphatic carboxylic acids is 1. The molecule has 0 bridgehead atoms. The van der Waals surface area contributed by atoms with Gasteiger partial charge in [0.1, 0.15) is 5.01 Å². The van der Waals surface area contributed by atoms with E-state index in [2.05, 4.69) is 63.0 Å². The molecule has 0 radical (unpaired) electrons. The monoisotopic (exact) mass is 506 g/mol. The van der Waals surface area contributed by atoms with Gasteiger partial charge < -0.3 is 16.2 Å². The van der Waals surface area contributed by atoms with Gasteiger partial charge >= 0.3 is 12.1 Å². The standard InChI is InChI=1S/C21H24N6S.C2HF3O2/c1-3-14-4-6-15(7-5-14)10-17(22)12-23-21-27-26-20(28-21)16-8-9-19-18(11-16)13(2)24-25-19;3-2(4,5)1(6)7/h4-9,11,17H,3,10,12,22H2,1-2H3,(H,23,27)(H,24,25);(H,6,7)/t17-;/m0./s1. The Morgan fingerprint density at radius 1 is 1.17 bits per heavy atom. The minimum absolute atomic E-state index is 0.0183. The zero-order valence-corrected chi connectivity index (χ0v) is 19.9. The van der Waals surface area contributed by atoms with E-state index >= 15 is 0 Å². The predicted octanol–water partition coefficient (Wildman–Crippen LogP) is 4.57. The Labute approximate surface area is 203 Å². The molecule has 1 atom stereocenters. The molecule has 8 nitrogen and oxygen atoms in total. The number of nitrogens with one attached hydrogen (secondary N) is 2. The van der Waals surface area contributed by atoms with E-state index in [4.69, 9.17) is 15.6 Å². The largest absolute Gasteiger partial charge is 0.490 e. The van der Waals surface area contributed by atoms with Crippen molar-refractivity contribution in [2.45, 2.75) is 38.9 Å². The van der Waals surface area contributed by atoms with Crippen molar-refractivity contribution in [1.29, 1.82) is 0 Å². The number of alkyl halides is 3. The highest BCUT2D eigenvalue weighted by Crippen LogP contribution is 2.29. The number of aromatic amines is 1. The molecule has 0 aliphatic heterocycles. The number of hydrogen-bond acceptors (Lipinski definition) is 7. The first-order chi connectivity index (χ1) is 16.6. The van der Waals surface area contributed by atoms with Crippen molar-refractivity contribution in [3.63, 3.8) is 0 Å². The number of aryl methyl sites for hydroxylation is 2. The molecule has 0 unspecified atom stereocenters. The number of hydrogen-bond donors (Lipinski definition) is 4. The molecule has 4 aromatic rings. The molecule has 2 heterocycles. The topological polar surface area (TPSA) is 130 Å². The van der Waals surface area contributed by atoms with Crippen molar-refractivity contribution in [1.82, 2.24) is 20.4 Å². The summed E-state index contributed by atoms with van der Waals surface area (Å²) < 4.78 is 31.7. The number of benzene rings is 2. The normalized spacial score (nSPS) is 12.2. The maximum atomic E-state index is 10.6. The van der Waals surface area contributed by atoms with Crippen LogP contribution in [0.1, 0.15) is 23.7 Å². The summed E-state index contributed by atoms with van der Waals surface area (Å²) in [6.07, 6.45) is -3.19. The molecule has 0 spiro atoms. The molecule has 2 aromatic heterocycles. The van der Waals surface area contributed by atoms with Crippen molar-refractivity contribution in [3.05, 3.63) is 59.3 Å². The van der Waals surface area contributed by atoms with Gasteiger partial charge in [0, 0.05) is 23.5 Å². The van der Waals surface area contributed by atoms with Gasteiger partial charge in [0.15, 0.2) is 0 Å². The van der Waals surface area contributed by atoms with Crippen LogP contribution in [0.4, 0.5) is 18.3 Å². The second kappa shape index (κ2) is 11.3. The van der Waals surface area contributed by atoms with E-state index in [9.17, 15) is 13.2 Å². The summed E-state index contributed by atoms with van der Waals surface area (Å²) in [5.41, 5.74) is 12.0. The molecular formula is C23H25F3N6O2S. The molecule has 4 rings (SSSR count). The molecule has 0 fully saturated rings. The molecule has 2 aromatic carbocycles. The third kappa shape index (κ3) is 7.23. The van der Waals surface area contributed by atoms with E-state index in [1.54, 1.807) is 0 Å². The van der Waals surface area contributed by atoms with Gasteiger partial charge in [0.2, 0.25) is 5.13 Å². The van der Waals surface area contributed by atoms with Crippen LogP contribution in [0.25, 0.3) is 21.5 Å². The van der Waals surface area contributed by atoms with Gasteiger partial charge in [-0.3, -0.25) is 5.10 Å². The number of nitrogens with two attached hydrogens (primary N) is 1. The minimum atomic E-state index is -5.08. The molecule has 5 N–H and O–H groups in total. The molecule has 12 heteroatoms. The highest BCUT2D eigenvalue weighted by molar-refractivity contribution is 7.18. The van der Waals surface area contributed by atoms with Gasteiger partial charge in [-0.25, -0.2) is 4.79 Å². The van der Waals surface area contributed by atoms with Crippen LogP contribution in [-0.4, -0.2) is 50.2 Å². The molecule has 0 saturated heterocycles. The Bertz CT molecular complexity index is 1270. The van der Waals surface area contributed by atoms with Gasteiger partial charge in [-0.2, -0.15) is 18.3 Å². The number of fused-ring (bicyclic) bond motifs is 1. The fourth-order valence-corrected chi connectivity index (χ4v) is 3.94. The number of halogens is 3. The van der Waals surface area contributed by atoms with E-state index in [-0.39, 0.29) is 6.04 Å². The lowest BCUT2D eigenvalue weighted by atomic mass is 10.0. The van der Waals surface area contributed by atoms with Crippen molar-refractivity contribution < 1.29 is 23.1 Å². The van der Waals surface area contributed by atoms with Gasteiger partial charge in [-0.15, -0.1) is 10.2 Å². The summed E-state index contributed by atoms with van der Waals surface area (Å²) in [6.45, 7) is 4.81. The van der Waals surface area contributed by atoms with Crippen LogP contribution >= 0.6 is 11.3 Å². The third-order valence-corrected chi connectivity index (χ3v) is 6.04. The first-order valence-electron chi connectivity index (χ1n) is 10.7. The SMILES string of the molecule is CCc1ccc(C[C@H](N)CNc2nnc(-c3ccc4[nH]nc(C)c4c3)s2)cc1.O=C(O)C(F)(F)F. The summed E-state index contributed by atoms with van der Waals surface area (Å²) in [5, 5.41) is 29.1. The van der Waals surface area contributed by atoms with Crippen molar-refractivity contribution >= 4 is 33.3 Å². The minimum Gasteiger partial charge on any atom is -0.475 e. The Morgan fingerprint density at radius 2 is 1.83 bits per heavy atom. The Balaban J connectivity index is 0.000000429. The number of carboxylic acids is 1. The summed E-state index contributed by atoms with van der Waals surface area (Å²) in [5.74, 6) is -2.76. The fraction of sp³-hybridized carbons (Fsp3) is 0.304. The average molecular weight is 507 g/mol. The fourth-order valence-electron chi connectivity index (χ4n) is 3.19. The average Bonchev–Trinajstić information content (AvgIpc) is 3.45. The molecule has 186 valence electrons. The van der Waals surface area contributed by atoms with Gasteiger partial charge in [-0.1, -0.05) is 42.5 Å². The van der Waals surface area contributed by atoms with Crippen molar-refractivity contribution in [2.75, 3.05) is 11.9 Å². The molecule has 0 amide bonds. The lowest BCUT2D eigenvalue weighted by Crippen LogP contribution is -2.31. The van der Waals surface area contributed by atoms with Crippen LogP contribution in [0.3, 0.4) is 0 Å². The first-order valence-corrected chi connectivity index (χ1v) is 11.5. The maximum Gasteiger partial charge on any atom is 0.490 e. The second-order valence-electron chi connectivity index (χ2n) is 7.80. The molecule has 35 heavy (non-hydrogen) atoms. The lowest BCUT2D eigenvalue weighted by molar-refractivity contribution is -0.192. The number of aromatic nitrogens is 4. The predicted molar refractivity (Wildman–Crippen MR) is 129 cm³/mol. The number of nitrogens with zero attached hydrogens (tertiary/aromatic N) is 3. The van der Waals surface area contributed by atoms with Crippen molar-refractivity contribution in [3.8, 4) is 10.6 Å². The van der Waals surface area contributed by atoms with Crippen LogP contribution in [0.5, 0.6) is 0 Å². The quantitative estimate of drug-likeness (QED) is 0.289. The second-order valence-corrected chi connectivity index (χ2v) is 8.78. The maximum absolute atomic E-state index is 10.6. The van der Waals surface area contributed by atoms with E-state index in [0.29, 0.717) is 6.54 Å². The Kier molecular flexibility index (Phi) is 8.41. The number of H-pyrrole nitrogens is 1. The Morgan fingerprint density at radius 3 is 2.46 bits per heavy atom. The van der Waals surface area contributed by atoms with Crippen LogP contribution in [0, 0.1) is 6.92 Å². The van der Waals surface area contributed by atoms with Gasteiger partial charge in [0.05, 0.1) is 11.2 Å². The molecule has 0 aliphatic carbocycles. The van der Waals surface area contributed by atoms with Crippen molar-refractivity contribution in [2.24, 2.45) is 5.73 Å². The van der Waals surface area contributed by atoms with Gasteiger partial charge in [-0.05, 0) is 49.1 Å². The summed E-state index contributed by atoms with van der Waals surface area (Å²) in [4.78, 5) is 8.90. The van der Waals surface area contributed by atoms with E-state index in [1.807, 2.05) is 19.1 Å². The number of anilines is 1. The zero-order chi connectivity index (χ0) is 25.6. The summed E-state index contributed by atoms with van der Waals surface area (Å²) >= 11 is 1.54. The van der Waals surface area contributed by atoms with Crippen LogP contribution in [0.2, 0.25) is 0 Å². The van der Waals surface area contributed by atoms with Crippen LogP contribution < -0.4 is 11.1 Å². The van der Waals surface area contributed by atoms with Gasteiger partial charge in [0.25, 0.3) is 0 Å². The number of carbonyl (C=O) groups is 1. The highest BCUT2D eigenvalue weighted by Gasteiger charge is 2.38. The molecular weight excluding hydrogens is 481 g/mol. The van der Waals surface area contributed by atoms with Crippen LogP contribution in [-0.2, 0) is 17.6 Å². The number of carboxylic acid groups (broad SMARTS) is 1. The highest BCUT2D eigenvalue weighted by atomic mass is 32.1. The van der Waals surface area contributed by atoms with E-state index < -0.39 is 12.1 Å². The third-order valence-electron chi connectivity index (χ3n) is 5.11. The molecule has 0 saturated carbocycles. The lowest BCUT2D eigenvalue weighted by Gasteiger charge is -2.12. The van der Waals surface area contributed by atoms with E-state index in [0.717, 1.165) is 45.1 Å². The Hall–Kier alpha value is -3.51. The van der Waals surface area contributed by atoms with Crippen LogP contribution in [0.15, 0.2) is 42.5 Å². The van der Waals surface area contributed by atoms with E-state index in [1.165, 1.54) is 22.5 Å². The molecule has 0 aliphatic rings. The zero-order valence-electron chi connectivity index (χ0n) is 19.1.